The summed E-state index contributed by atoms with van der Waals surface area (Å²) < 4.78 is 31.2. The highest BCUT2D eigenvalue weighted by Crippen LogP contribution is 2.31. The first-order chi connectivity index (χ1) is 13.9. The van der Waals surface area contributed by atoms with Crippen molar-refractivity contribution in [2.24, 2.45) is 7.05 Å². The molecule has 1 atom stereocenters. The van der Waals surface area contributed by atoms with Crippen LogP contribution in [-0.2, 0) is 21.7 Å². The van der Waals surface area contributed by atoms with Crippen molar-refractivity contribution in [3.8, 4) is 11.4 Å². The third-order valence-electron chi connectivity index (χ3n) is 5.87. The van der Waals surface area contributed by atoms with E-state index in [4.69, 9.17) is 4.42 Å². The van der Waals surface area contributed by atoms with Gasteiger partial charge in [-0.05, 0) is 32.3 Å². The van der Waals surface area contributed by atoms with E-state index in [9.17, 15) is 13.2 Å². The topological polar surface area (TPSA) is 98.3 Å². The standard InChI is InChI=1S/C19H26N4O4S2/c1-13-16(7-9-27-13)18-20-21-19(22(18)2)28-11-17(24)23(14-5-3-4-6-14)15-8-10-29(25,26)12-15/h7,9,14-15H,3-6,8,10-12H2,1-2H3/t15-/m1/s1. The Morgan fingerprint density at radius 3 is 2.66 bits per heavy atom. The van der Waals surface area contributed by atoms with Crippen LogP contribution in [0.25, 0.3) is 11.4 Å². The highest BCUT2D eigenvalue weighted by molar-refractivity contribution is 7.99. The van der Waals surface area contributed by atoms with Crippen LogP contribution in [0.15, 0.2) is 21.9 Å². The molecule has 1 saturated heterocycles. The van der Waals surface area contributed by atoms with E-state index in [0.717, 1.165) is 37.0 Å². The molecule has 0 unspecified atom stereocenters. The summed E-state index contributed by atoms with van der Waals surface area (Å²) in [6.45, 7) is 1.87. The van der Waals surface area contributed by atoms with Crippen molar-refractivity contribution in [2.45, 2.75) is 56.3 Å². The molecule has 2 fully saturated rings. The number of aryl methyl sites for hydroxylation is 1. The fraction of sp³-hybridized carbons (Fsp3) is 0.632. The summed E-state index contributed by atoms with van der Waals surface area (Å²) in [6.07, 6.45) is 6.27. The van der Waals surface area contributed by atoms with Gasteiger partial charge >= 0.3 is 0 Å². The third kappa shape index (κ3) is 4.23. The first-order valence-corrected chi connectivity index (χ1v) is 12.7. The Labute approximate surface area is 175 Å². The molecule has 2 aromatic rings. The maximum Gasteiger partial charge on any atom is 0.233 e. The highest BCUT2D eigenvalue weighted by Gasteiger charge is 2.39. The number of thioether (sulfide) groups is 1. The van der Waals surface area contributed by atoms with Crippen molar-refractivity contribution >= 4 is 27.5 Å². The fourth-order valence-corrected chi connectivity index (χ4v) is 6.87. The molecule has 0 radical (unpaired) electrons. The molecule has 0 aromatic carbocycles. The highest BCUT2D eigenvalue weighted by atomic mass is 32.2. The van der Waals surface area contributed by atoms with E-state index < -0.39 is 9.84 Å². The number of nitrogens with zero attached hydrogens (tertiary/aromatic N) is 4. The SMILES string of the molecule is Cc1occc1-c1nnc(SCC(=O)N(C2CCCC2)[C@@H]2CCS(=O)(=O)C2)n1C. The second-order valence-corrected chi connectivity index (χ2v) is 11.0. The van der Waals surface area contributed by atoms with Crippen molar-refractivity contribution < 1.29 is 17.6 Å². The zero-order valence-electron chi connectivity index (χ0n) is 16.7. The summed E-state index contributed by atoms with van der Waals surface area (Å²) in [5.74, 6) is 1.95. The lowest BCUT2D eigenvalue weighted by molar-refractivity contribution is -0.132. The number of carbonyl (C=O) groups excluding carboxylic acids is 1. The quantitative estimate of drug-likeness (QED) is 0.639. The fourth-order valence-electron chi connectivity index (χ4n) is 4.38. The van der Waals surface area contributed by atoms with Crippen LogP contribution in [0, 0.1) is 6.92 Å². The third-order valence-corrected chi connectivity index (χ3v) is 8.62. The van der Waals surface area contributed by atoms with Gasteiger partial charge in [-0.2, -0.15) is 0 Å². The number of sulfone groups is 1. The van der Waals surface area contributed by atoms with Gasteiger partial charge in [-0.3, -0.25) is 4.79 Å². The normalized spacial score (nSPS) is 21.7. The molecule has 10 heteroatoms. The Balaban J connectivity index is 1.47. The Morgan fingerprint density at radius 1 is 1.28 bits per heavy atom. The van der Waals surface area contributed by atoms with Crippen LogP contribution in [-0.4, -0.2) is 63.3 Å². The summed E-state index contributed by atoms with van der Waals surface area (Å²) >= 11 is 1.34. The second kappa shape index (κ2) is 8.14. The van der Waals surface area contributed by atoms with Gasteiger partial charge in [-0.25, -0.2) is 8.42 Å². The maximum atomic E-state index is 13.1. The lowest BCUT2D eigenvalue weighted by Crippen LogP contribution is -2.47. The molecule has 0 N–H and O–H groups in total. The van der Waals surface area contributed by atoms with Crippen molar-refractivity contribution in [2.75, 3.05) is 17.3 Å². The molecule has 3 heterocycles. The Bertz CT molecular complexity index is 992. The zero-order valence-corrected chi connectivity index (χ0v) is 18.3. The molecule has 1 aliphatic carbocycles. The molecule has 1 saturated carbocycles. The van der Waals surface area contributed by atoms with Crippen molar-refractivity contribution in [1.82, 2.24) is 19.7 Å². The summed E-state index contributed by atoms with van der Waals surface area (Å²) in [5.41, 5.74) is 0.877. The van der Waals surface area contributed by atoms with Crippen molar-refractivity contribution in [3.05, 3.63) is 18.1 Å². The minimum Gasteiger partial charge on any atom is -0.469 e. The van der Waals surface area contributed by atoms with Crippen molar-refractivity contribution in [1.29, 1.82) is 0 Å². The smallest absolute Gasteiger partial charge is 0.233 e. The second-order valence-electron chi connectivity index (χ2n) is 7.84. The number of hydrogen-bond acceptors (Lipinski definition) is 7. The van der Waals surface area contributed by atoms with Gasteiger partial charge in [0.1, 0.15) is 5.76 Å². The van der Waals surface area contributed by atoms with Gasteiger partial charge < -0.3 is 13.9 Å². The van der Waals surface area contributed by atoms with E-state index in [1.807, 2.05) is 29.5 Å². The van der Waals surface area contributed by atoms with Crippen LogP contribution in [0.5, 0.6) is 0 Å². The summed E-state index contributed by atoms with van der Waals surface area (Å²) in [7, 11) is -1.17. The molecule has 158 valence electrons. The largest absolute Gasteiger partial charge is 0.469 e. The van der Waals surface area contributed by atoms with Crippen LogP contribution < -0.4 is 0 Å². The molecular formula is C19H26N4O4S2. The average Bonchev–Trinajstić information content (AvgIpc) is 3.44. The predicted octanol–water partition coefficient (Wildman–Crippen LogP) is 2.43. The van der Waals surface area contributed by atoms with Gasteiger partial charge in [0, 0.05) is 19.1 Å². The first-order valence-electron chi connectivity index (χ1n) is 9.94. The van der Waals surface area contributed by atoms with E-state index in [1.54, 1.807) is 6.26 Å². The van der Waals surface area contributed by atoms with E-state index in [1.165, 1.54) is 11.8 Å². The minimum atomic E-state index is -3.04. The molecule has 2 aliphatic rings. The monoisotopic (exact) mass is 438 g/mol. The van der Waals surface area contributed by atoms with E-state index in [2.05, 4.69) is 10.2 Å². The van der Waals surface area contributed by atoms with Crippen molar-refractivity contribution in [3.63, 3.8) is 0 Å². The predicted molar refractivity (Wildman–Crippen MR) is 110 cm³/mol. The molecular weight excluding hydrogens is 412 g/mol. The Kier molecular flexibility index (Phi) is 5.74. The average molecular weight is 439 g/mol. The van der Waals surface area contributed by atoms with Gasteiger partial charge in [0.2, 0.25) is 5.91 Å². The van der Waals surface area contributed by atoms with Gasteiger partial charge in [0.05, 0.1) is 29.1 Å². The molecule has 1 amide bonds. The van der Waals surface area contributed by atoms with Crippen LogP contribution in [0.2, 0.25) is 0 Å². The number of aromatic nitrogens is 3. The van der Waals surface area contributed by atoms with E-state index in [-0.39, 0.29) is 35.2 Å². The van der Waals surface area contributed by atoms with Crippen LogP contribution in [0.3, 0.4) is 0 Å². The minimum absolute atomic E-state index is 0.00644. The Hall–Kier alpha value is -1.81. The lowest BCUT2D eigenvalue weighted by atomic mass is 10.1. The van der Waals surface area contributed by atoms with Crippen LogP contribution in [0.1, 0.15) is 37.9 Å². The van der Waals surface area contributed by atoms with E-state index in [0.29, 0.717) is 17.4 Å². The number of amides is 1. The molecule has 4 rings (SSSR count). The molecule has 0 spiro atoms. The molecule has 0 bridgehead atoms. The number of furan rings is 1. The Morgan fingerprint density at radius 2 is 2.03 bits per heavy atom. The first kappa shape index (κ1) is 20.5. The number of rotatable bonds is 6. The van der Waals surface area contributed by atoms with Gasteiger partial charge in [0.25, 0.3) is 0 Å². The zero-order chi connectivity index (χ0) is 20.6. The van der Waals surface area contributed by atoms with Crippen LogP contribution in [0.4, 0.5) is 0 Å². The molecule has 2 aromatic heterocycles. The molecule has 29 heavy (non-hydrogen) atoms. The van der Waals surface area contributed by atoms with E-state index >= 15 is 0 Å². The van der Waals surface area contributed by atoms with Gasteiger partial charge in [0.15, 0.2) is 20.8 Å². The summed E-state index contributed by atoms with van der Waals surface area (Å²) in [4.78, 5) is 15.0. The van der Waals surface area contributed by atoms with Crippen LogP contribution >= 0.6 is 11.8 Å². The lowest BCUT2D eigenvalue weighted by Gasteiger charge is -2.34. The maximum absolute atomic E-state index is 13.1. The number of hydrogen-bond donors (Lipinski definition) is 0. The van der Waals surface area contributed by atoms with Gasteiger partial charge in [-0.1, -0.05) is 24.6 Å². The number of carbonyl (C=O) groups is 1. The van der Waals surface area contributed by atoms with Gasteiger partial charge in [-0.15, -0.1) is 10.2 Å². The summed E-state index contributed by atoms with van der Waals surface area (Å²) in [6, 6.07) is 1.81. The molecule has 8 nitrogen and oxygen atoms in total. The summed E-state index contributed by atoms with van der Waals surface area (Å²) in [5, 5.41) is 9.13. The molecule has 1 aliphatic heterocycles.